The first-order valence-electron chi connectivity index (χ1n) is 7.00. The molecule has 0 bridgehead atoms. The number of hydrogen-bond acceptors (Lipinski definition) is 2. The molecule has 0 fully saturated rings. The third-order valence-corrected chi connectivity index (χ3v) is 3.24. The first-order chi connectivity index (χ1) is 8.90. The lowest BCUT2D eigenvalue weighted by Crippen LogP contribution is -2.45. The van der Waals surface area contributed by atoms with Gasteiger partial charge in [0.1, 0.15) is 0 Å². The molecule has 106 valence electrons. The highest BCUT2D eigenvalue weighted by atomic mass is 16.2. The van der Waals surface area contributed by atoms with Gasteiger partial charge in [0, 0.05) is 6.04 Å². The van der Waals surface area contributed by atoms with Gasteiger partial charge in [0.15, 0.2) is 0 Å². The molecule has 0 aromatic heterocycles. The first-order valence-corrected chi connectivity index (χ1v) is 7.00. The Labute approximate surface area is 116 Å². The van der Waals surface area contributed by atoms with Crippen molar-refractivity contribution in [1.82, 2.24) is 5.32 Å². The summed E-state index contributed by atoms with van der Waals surface area (Å²) >= 11 is 0. The van der Waals surface area contributed by atoms with Gasteiger partial charge >= 0.3 is 0 Å². The van der Waals surface area contributed by atoms with E-state index in [1.165, 1.54) is 11.1 Å². The van der Waals surface area contributed by atoms with E-state index in [4.69, 9.17) is 5.73 Å². The molecule has 1 aromatic rings. The van der Waals surface area contributed by atoms with E-state index in [1.54, 1.807) is 0 Å². The molecule has 0 saturated heterocycles. The Bertz CT molecular complexity index is 415. The molecule has 3 N–H and O–H groups in total. The average molecular weight is 262 g/mol. The number of rotatable bonds is 6. The lowest BCUT2D eigenvalue weighted by Gasteiger charge is -2.19. The Morgan fingerprint density at radius 2 is 1.89 bits per heavy atom. The van der Waals surface area contributed by atoms with Crippen LogP contribution in [-0.4, -0.2) is 18.0 Å². The van der Waals surface area contributed by atoms with Crippen molar-refractivity contribution in [3.63, 3.8) is 0 Å². The zero-order valence-corrected chi connectivity index (χ0v) is 12.4. The molecular weight excluding hydrogens is 236 g/mol. The molecule has 3 heteroatoms. The number of benzene rings is 1. The van der Waals surface area contributed by atoms with Crippen molar-refractivity contribution < 1.29 is 4.79 Å². The summed E-state index contributed by atoms with van der Waals surface area (Å²) in [5.74, 6) is 0.391. The molecule has 1 rings (SSSR count). The number of hydrogen-bond donors (Lipinski definition) is 2. The second kappa shape index (κ2) is 7.29. The maximum absolute atomic E-state index is 11.9. The summed E-state index contributed by atoms with van der Waals surface area (Å²) in [6, 6.07) is 7.95. The van der Waals surface area contributed by atoms with Crippen LogP contribution in [0.1, 0.15) is 38.3 Å². The van der Waals surface area contributed by atoms with E-state index in [9.17, 15) is 4.79 Å². The zero-order valence-electron chi connectivity index (χ0n) is 12.4. The predicted molar refractivity (Wildman–Crippen MR) is 79.9 cm³/mol. The Balaban J connectivity index is 2.49. The monoisotopic (exact) mass is 262 g/mol. The molecule has 19 heavy (non-hydrogen) atoms. The van der Waals surface area contributed by atoms with Crippen LogP contribution in [0.15, 0.2) is 24.3 Å². The maximum atomic E-state index is 11.9. The summed E-state index contributed by atoms with van der Waals surface area (Å²) in [5, 5.41) is 3.00. The van der Waals surface area contributed by atoms with Crippen molar-refractivity contribution in [2.45, 2.75) is 52.6 Å². The van der Waals surface area contributed by atoms with E-state index in [0.29, 0.717) is 5.92 Å². The van der Waals surface area contributed by atoms with Crippen molar-refractivity contribution in [2.75, 3.05) is 0 Å². The minimum Gasteiger partial charge on any atom is -0.352 e. The molecule has 0 saturated carbocycles. The Hall–Kier alpha value is -1.35. The van der Waals surface area contributed by atoms with Crippen LogP contribution in [0, 0.1) is 12.8 Å². The maximum Gasteiger partial charge on any atom is 0.237 e. The Kier molecular flexibility index (Phi) is 6.03. The summed E-state index contributed by atoms with van der Waals surface area (Å²) in [4.78, 5) is 11.9. The van der Waals surface area contributed by atoms with Gasteiger partial charge in [0.05, 0.1) is 6.04 Å². The SMILES string of the molecule is Cc1ccccc1CC(C)NC(=O)[C@@H](N)CC(C)C. The predicted octanol–water partition coefficient (Wildman–Crippen LogP) is 2.42. The highest BCUT2D eigenvalue weighted by molar-refractivity contribution is 5.81. The van der Waals surface area contributed by atoms with Crippen LogP contribution in [0.5, 0.6) is 0 Å². The smallest absolute Gasteiger partial charge is 0.237 e. The fraction of sp³-hybridized carbons (Fsp3) is 0.562. The van der Waals surface area contributed by atoms with Gasteiger partial charge in [-0.25, -0.2) is 0 Å². The molecule has 0 spiro atoms. The van der Waals surface area contributed by atoms with Gasteiger partial charge in [-0.05, 0) is 43.7 Å². The Morgan fingerprint density at radius 3 is 2.47 bits per heavy atom. The zero-order chi connectivity index (χ0) is 14.4. The third-order valence-electron chi connectivity index (χ3n) is 3.24. The fourth-order valence-electron chi connectivity index (χ4n) is 2.18. The number of nitrogens with one attached hydrogen (secondary N) is 1. The van der Waals surface area contributed by atoms with Crippen molar-refractivity contribution >= 4 is 5.91 Å². The van der Waals surface area contributed by atoms with E-state index >= 15 is 0 Å². The molecule has 0 heterocycles. The average Bonchev–Trinajstić information content (AvgIpc) is 2.31. The molecule has 0 aliphatic rings. The molecular formula is C16H26N2O. The van der Waals surface area contributed by atoms with Crippen molar-refractivity contribution in [3.8, 4) is 0 Å². The summed E-state index contributed by atoms with van der Waals surface area (Å²) in [7, 11) is 0. The highest BCUT2D eigenvalue weighted by Crippen LogP contribution is 2.10. The van der Waals surface area contributed by atoms with Crippen LogP contribution in [0.4, 0.5) is 0 Å². The lowest BCUT2D eigenvalue weighted by molar-refractivity contribution is -0.123. The fourth-order valence-corrected chi connectivity index (χ4v) is 2.18. The van der Waals surface area contributed by atoms with Crippen LogP contribution in [0.2, 0.25) is 0 Å². The lowest BCUT2D eigenvalue weighted by atomic mass is 10.0. The first kappa shape index (κ1) is 15.7. The van der Waals surface area contributed by atoms with E-state index < -0.39 is 6.04 Å². The summed E-state index contributed by atoms with van der Waals surface area (Å²) in [6.07, 6.45) is 1.57. The normalized spacial score (nSPS) is 14.2. The van der Waals surface area contributed by atoms with Gasteiger partial charge in [-0.1, -0.05) is 38.1 Å². The largest absolute Gasteiger partial charge is 0.352 e. The number of carbonyl (C=O) groups is 1. The van der Waals surface area contributed by atoms with Gasteiger partial charge in [-0.3, -0.25) is 4.79 Å². The molecule has 0 radical (unpaired) electrons. The van der Waals surface area contributed by atoms with E-state index in [-0.39, 0.29) is 11.9 Å². The summed E-state index contributed by atoms with van der Waals surface area (Å²) in [6.45, 7) is 8.26. The topological polar surface area (TPSA) is 55.1 Å². The summed E-state index contributed by atoms with van der Waals surface area (Å²) < 4.78 is 0. The number of nitrogens with two attached hydrogens (primary N) is 1. The standard InChI is InChI=1S/C16H26N2O/c1-11(2)9-15(17)16(19)18-13(4)10-14-8-6-5-7-12(14)3/h5-8,11,13,15H,9-10,17H2,1-4H3,(H,18,19)/t13?,15-/m0/s1. The highest BCUT2D eigenvalue weighted by Gasteiger charge is 2.17. The van der Waals surface area contributed by atoms with E-state index in [0.717, 1.165) is 12.8 Å². The summed E-state index contributed by atoms with van der Waals surface area (Å²) in [5.41, 5.74) is 8.41. The van der Waals surface area contributed by atoms with Gasteiger partial charge < -0.3 is 11.1 Å². The molecule has 1 amide bonds. The number of carbonyl (C=O) groups excluding carboxylic acids is 1. The quantitative estimate of drug-likeness (QED) is 0.827. The van der Waals surface area contributed by atoms with Gasteiger partial charge in [-0.15, -0.1) is 0 Å². The van der Waals surface area contributed by atoms with Gasteiger partial charge in [0.25, 0.3) is 0 Å². The van der Waals surface area contributed by atoms with Crippen molar-refractivity contribution in [2.24, 2.45) is 11.7 Å². The van der Waals surface area contributed by atoms with Crippen LogP contribution >= 0.6 is 0 Å². The van der Waals surface area contributed by atoms with Crippen molar-refractivity contribution in [3.05, 3.63) is 35.4 Å². The minimum absolute atomic E-state index is 0.0465. The van der Waals surface area contributed by atoms with Crippen molar-refractivity contribution in [1.29, 1.82) is 0 Å². The van der Waals surface area contributed by atoms with Crippen LogP contribution in [-0.2, 0) is 11.2 Å². The Morgan fingerprint density at radius 1 is 1.26 bits per heavy atom. The number of aryl methyl sites for hydroxylation is 1. The molecule has 1 aromatic carbocycles. The molecule has 2 atom stereocenters. The van der Waals surface area contributed by atoms with Crippen LogP contribution in [0.25, 0.3) is 0 Å². The van der Waals surface area contributed by atoms with Gasteiger partial charge in [-0.2, -0.15) is 0 Å². The van der Waals surface area contributed by atoms with Gasteiger partial charge in [0.2, 0.25) is 5.91 Å². The molecule has 0 aliphatic heterocycles. The number of amides is 1. The second-order valence-electron chi connectivity index (χ2n) is 5.78. The van der Waals surface area contributed by atoms with E-state index in [1.807, 2.05) is 19.1 Å². The van der Waals surface area contributed by atoms with E-state index in [2.05, 4.69) is 38.2 Å². The third kappa shape index (κ3) is 5.43. The minimum atomic E-state index is -0.403. The molecule has 0 aliphatic carbocycles. The molecule has 3 nitrogen and oxygen atoms in total. The molecule has 1 unspecified atom stereocenters. The van der Waals surface area contributed by atoms with Crippen LogP contribution in [0.3, 0.4) is 0 Å². The second-order valence-corrected chi connectivity index (χ2v) is 5.78. The van der Waals surface area contributed by atoms with Crippen LogP contribution < -0.4 is 11.1 Å².